The molecule has 0 bridgehead atoms. The van der Waals surface area contributed by atoms with Crippen LogP contribution < -0.4 is 0 Å². The fourth-order valence-corrected chi connectivity index (χ4v) is 11.5. The molecule has 0 N–H and O–H groups in total. The monoisotopic (exact) mass is 895 g/mol. The van der Waals surface area contributed by atoms with Crippen molar-refractivity contribution in [1.82, 2.24) is 15.0 Å². The van der Waals surface area contributed by atoms with Crippen molar-refractivity contribution in [2.75, 3.05) is 0 Å². The molecule has 3 nitrogen and oxygen atoms in total. The lowest BCUT2D eigenvalue weighted by molar-refractivity contribution is 0.418. The molecule has 1 saturated carbocycles. The van der Waals surface area contributed by atoms with Gasteiger partial charge in [-0.3, -0.25) is 0 Å². The molecule has 0 aliphatic heterocycles. The van der Waals surface area contributed by atoms with Gasteiger partial charge in [-0.2, -0.15) is 0 Å². The molecule has 69 heavy (non-hydrogen) atoms. The molecule has 0 radical (unpaired) electrons. The van der Waals surface area contributed by atoms with Gasteiger partial charge in [0, 0.05) is 22.1 Å². The van der Waals surface area contributed by atoms with Crippen molar-refractivity contribution in [3.63, 3.8) is 0 Å². The fourth-order valence-electron chi connectivity index (χ4n) is 11.5. The van der Waals surface area contributed by atoms with E-state index in [0.717, 1.165) is 29.5 Å². The lowest BCUT2D eigenvalue weighted by Crippen LogP contribution is -2.15. The smallest absolute Gasteiger partial charge is 0.164 e. The molecule has 3 atom stereocenters. The number of nitrogens with zero attached hydrogens (tertiary/aromatic N) is 3. The quantitative estimate of drug-likeness (QED) is 0.153. The van der Waals surface area contributed by atoms with Gasteiger partial charge in [-0.25, -0.2) is 15.0 Å². The molecule has 8 aromatic carbocycles. The maximum Gasteiger partial charge on any atom is 0.164 e. The van der Waals surface area contributed by atoms with E-state index < -0.39 is 0 Å². The van der Waals surface area contributed by atoms with Gasteiger partial charge in [0.25, 0.3) is 0 Å². The first-order valence-electron chi connectivity index (χ1n) is 25.4. The third kappa shape index (κ3) is 9.48. The van der Waals surface area contributed by atoms with Crippen LogP contribution in [0.4, 0.5) is 0 Å². The number of benzene rings is 8. The molecule has 1 aromatic heterocycles. The summed E-state index contributed by atoms with van der Waals surface area (Å²) in [5.41, 5.74) is 17.5. The highest BCUT2D eigenvalue weighted by Crippen LogP contribution is 2.51. The average Bonchev–Trinajstić information content (AvgIpc) is 3.64. The van der Waals surface area contributed by atoms with Gasteiger partial charge in [0.15, 0.2) is 17.5 Å². The van der Waals surface area contributed by atoms with Crippen molar-refractivity contribution in [2.45, 2.75) is 94.8 Å². The predicted molar refractivity (Wildman–Crippen MR) is 287 cm³/mol. The maximum absolute atomic E-state index is 5.30. The van der Waals surface area contributed by atoms with Crippen LogP contribution in [0.15, 0.2) is 206 Å². The van der Waals surface area contributed by atoms with Crippen LogP contribution >= 0.6 is 0 Å². The van der Waals surface area contributed by atoms with E-state index >= 15 is 0 Å². The Hall–Kier alpha value is -7.23. The van der Waals surface area contributed by atoms with Gasteiger partial charge in [0.1, 0.15) is 0 Å². The summed E-state index contributed by atoms with van der Waals surface area (Å²) in [5, 5.41) is 0. The highest BCUT2D eigenvalue weighted by Gasteiger charge is 2.36. The van der Waals surface area contributed by atoms with Gasteiger partial charge in [0.2, 0.25) is 0 Å². The van der Waals surface area contributed by atoms with Crippen LogP contribution in [0.5, 0.6) is 0 Å². The SMILES string of the molecule is CC1(C)c2cc(-c3ccccc3)ccc2-c2ccc(-c3cc(-c4nc(-c5ccccc5)nc(-c5ccccc5)n4)cc(C4CCCCC(c5ccccc5)CCC(c5ccccc5)CCC4)c3)cc21. The molecule has 0 saturated heterocycles. The van der Waals surface area contributed by atoms with E-state index in [2.05, 4.69) is 208 Å². The van der Waals surface area contributed by atoms with E-state index in [4.69, 9.17) is 15.0 Å². The first-order chi connectivity index (χ1) is 33.9. The van der Waals surface area contributed by atoms with Crippen molar-refractivity contribution in [2.24, 2.45) is 0 Å². The zero-order valence-electron chi connectivity index (χ0n) is 40.1. The van der Waals surface area contributed by atoms with Crippen molar-refractivity contribution in [1.29, 1.82) is 0 Å². The Balaban J connectivity index is 1.02. The number of aromatic nitrogens is 3. The summed E-state index contributed by atoms with van der Waals surface area (Å²) in [6.07, 6.45) is 10.8. The van der Waals surface area contributed by atoms with Crippen LogP contribution in [0, 0.1) is 0 Å². The Labute approximate surface area is 409 Å². The number of fused-ring (bicyclic) bond motifs is 3. The molecule has 2 aliphatic rings. The maximum atomic E-state index is 5.30. The van der Waals surface area contributed by atoms with Crippen molar-refractivity contribution in [3.8, 4) is 67.5 Å². The fraction of sp³-hybridized carbons (Fsp3) is 0.227. The number of hydrogen-bond donors (Lipinski definition) is 0. The molecule has 3 heteroatoms. The molecule has 2 aliphatic carbocycles. The summed E-state index contributed by atoms with van der Waals surface area (Å²) in [7, 11) is 0. The van der Waals surface area contributed by atoms with Crippen LogP contribution in [0.2, 0.25) is 0 Å². The van der Waals surface area contributed by atoms with Gasteiger partial charge in [-0.15, -0.1) is 0 Å². The van der Waals surface area contributed by atoms with Crippen LogP contribution in [-0.2, 0) is 5.41 Å². The Morgan fingerprint density at radius 2 is 0.681 bits per heavy atom. The van der Waals surface area contributed by atoms with Crippen LogP contribution in [0.25, 0.3) is 67.5 Å². The van der Waals surface area contributed by atoms with E-state index in [1.54, 1.807) is 0 Å². The zero-order valence-corrected chi connectivity index (χ0v) is 40.1. The second-order valence-corrected chi connectivity index (χ2v) is 20.1. The molecule has 0 amide bonds. The van der Waals surface area contributed by atoms with Crippen molar-refractivity contribution >= 4 is 0 Å². The second kappa shape index (κ2) is 19.8. The summed E-state index contributed by atoms with van der Waals surface area (Å²) in [6, 6.07) is 75.7. The number of hydrogen-bond acceptors (Lipinski definition) is 3. The van der Waals surface area contributed by atoms with Crippen molar-refractivity contribution in [3.05, 3.63) is 234 Å². The van der Waals surface area contributed by atoms with E-state index in [1.165, 1.54) is 106 Å². The molecule has 1 fully saturated rings. The summed E-state index contributed by atoms with van der Waals surface area (Å²) in [6.45, 7) is 4.80. The average molecular weight is 896 g/mol. The topological polar surface area (TPSA) is 38.7 Å². The van der Waals surface area contributed by atoms with Crippen LogP contribution in [-0.4, -0.2) is 15.0 Å². The Kier molecular flexibility index (Phi) is 12.7. The van der Waals surface area contributed by atoms with Gasteiger partial charge in [0.05, 0.1) is 0 Å². The molecule has 3 unspecified atom stereocenters. The molecule has 1 heterocycles. The molecule has 9 aromatic rings. The minimum atomic E-state index is -0.171. The molecular weight excluding hydrogens is 835 g/mol. The summed E-state index contributed by atoms with van der Waals surface area (Å²) >= 11 is 0. The van der Waals surface area contributed by atoms with Gasteiger partial charge in [-0.05, 0) is 142 Å². The Morgan fingerprint density at radius 3 is 1.16 bits per heavy atom. The molecular formula is C66H61N3. The Bertz CT molecular complexity index is 3110. The standard InChI is InChI=1S/C66H61N3/c1-66(2)61-44-54(48-25-12-5-13-26-48)37-39-59(61)60-40-38-55(45-62(60)66)57-41-56(42-58(43-57)65-68-63(52-29-14-6-15-30-52)67-64(69-65)53-31-16-7-17-32-53)49-27-18-19-28-50(46-21-8-3-9-22-46)35-36-51(34-20-33-49)47-23-10-4-11-24-47/h3-17,21-26,29-32,37-45,49-51H,18-20,27-28,33-36H2,1-2H3. The third-order valence-corrected chi connectivity index (χ3v) is 15.4. The van der Waals surface area contributed by atoms with Crippen LogP contribution in [0.3, 0.4) is 0 Å². The minimum Gasteiger partial charge on any atom is -0.208 e. The molecule has 0 spiro atoms. The van der Waals surface area contributed by atoms with Gasteiger partial charge < -0.3 is 0 Å². The first kappa shape index (κ1) is 44.3. The third-order valence-electron chi connectivity index (χ3n) is 15.4. The van der Waals surface area contributed by atoms with E-state index in [1.807, 2.05) is 12.1 Å². The highest BCUT2D eigenvalue weighted by atomic mass is 15.0. The predicted octanol–water partition coefficient (Wildman–Crippen LogP) is 17.7. The Morgan fingerprint density at radius 1 is 0.304 bits per heavy atom. The second-order valence-electron chi connectivity index (χ2n) is 20.1. The van der Waals surface area contributed by atoms with E-state index in [-0.39, 0.29) is 5.41 Å². The van der Waals surface area contributed by atoms with Crippen LogP contribution in [0.1, 0.15) is 117 Å². The normalized spacial score (nSPS) is 18.0. The number of rotatable bonds is 8. The molecule has 11 rings (SSSR count). The summed E-state index contributed by atoms with van der Waals surface area (Å²) in [5.74, 6) is 3.59. The lowest BCUT2D eigenvalue weighted by atomic mass is 9.79. The summed E-state index contributed by atoms with van der Waals surface area (Å²) < 4.78 is 0. The molecule has 340 valence electrons. The van der Waals surface area contributed by atoms with Gasteiger partial charge in [-0.1, -0.05) is 215 Å². The van der Waals surface area contributed by atoms with Crippen molar-refractivity contribution < 1.29 is 0 Å². The minimum absolute atomic E-state index is 0.171. The van der Waals surface area contributed by atoms with E-state index in [9.17, 15) is 0 Å². The summed E-state index contributed by atoms with van der Waals surface area (Å²) in [4.78, 5) is 15.7. The van der Waals surface area contributed by atoms with E-state index in [0.29, 0.717) is 35.2 Å². The zero-order chi connectivity index (χ0) is 46.6. The first-order valence-corrected chi connectivity index (χ1v) is 25.4. The van der Waals surface area contributed by atoms with Gasteiger partial charge >= 0.3 is 0 Å². The lowest BCUT2D eigenvalue weighted by Gasteiger charge is -2.26. The largest absolute Gasteiger partial charge is 0.208 e. The highest BCUT2D eigenvalue weighted by molar-refractivity contribution is 5.86.